The predicted molar refractivity (Wildman–Crippen MR) is 71.0 cm³/mol. The first-order valence-corrected chi connectivity index (χ1v) is 8.60. The van der Waals surface area contributed by atoms with Crippen LogP contribution < -0.4 is 10.1 Å². The van der Waals surface area contributed by atoms with E-state index in [1.165, 1.54) is 6.20 Å². The van der Waals surface area contributed by atoms with E-state index in [1.807, 2.05) is 0 Å². The zero-order valence-electron chi connectivity index (χ0n) is 10.4. The fourth-order valence-corrected chi connectivity index (χ4v) is 4.17. The molecule has 0 spiro atoms. The highest BCUT2D eigenvalue weighted by molar-refractivity contribution is 7.91. The molecule has 2 atom stereocenters. The Balaban J connectivity index is 1.58. The van der Waals surface area contributed by atoms with E-state index in [9.17, 15) is 13.5 Å². The molecule has 7 nitrogen and oxygen atoms in total. The molecule has 1 aromatic heterocycles. The van der Waals surface area contributed by atoms with E-state index >= 15 is 0 Å². The number of aromatic nitrogens is 2. The van der Waals surface area contributed by atoms with Gasteiger partial charge in [0, 0.05) is 6.54 Å². The van der Waals surface area contributed by atoms with Crippen molar-refractivity contribution < 1.29 is 18.3 Å². The minimum atomic E-state index is -2.83. The molecule has 0 aromatic carbocycles. The molecular formula is C10H17N3O4S2. The Morgan fingerprint density at radius 3 is 3.11 bits per heavy atom. The summed E-state index contributed by atoms with van der Waals surface area (Å²) in [6.45, 7) is 1.12. The third-order valence-electron chi connectivity index (χ3n) is 2.90. The molecular weight excluding hydrogens is 290 g/mol. The molecule has 1 saturated heterocycles. The minimum Gasteiger partial charge on any atom is -0.473 e. The minimum absolute atomic E-state index is 0.140. The molecule has 0 bridgehead atoms. The lowest BCUT2D eigenvalue weighted by molar-refractivity contribution is 0.104. The van der Waals surface area contributed by atoms with Gasteiger partial charge in [-0.3, -0.25) is 0 Å². The van der Waals surface area contributed by atoms with Crippen LogP contribution >= 0.6 is 11.7 Å². The van der Waals surface area contributed by atoms with Crippen molar-refractivity contribution in [3.63, 3.8) is 0 Å². The third-order valence-corrected chi connectivity index (χ3v) is 5.20. The number of nitrogens with zero attached hydrogens (tertiary/aromatic N) is 2. The third kappa shape index (κ3) is 5.01. The quantitative estimate of drug-likeness (QED) is 0.687. The van der Waals surface area contributed by atoms with Crippen LogP contribution in [-0.4, -0.2) is 59.6 Å². The lowest BCUT2D eigenvalue weighted by Crippen LogP contribution is -2.34. The van der Waals surface area contributed by atoms with Gasteiger partial charge in [0.25, 0.3) is 0 Å². The molecule has 9 heteroatoms. The Morgan fingerprint density at radius 1 is 1.63 bits per heavy atom. The Kier molecular flexibility index (Phi) is 5.08. The number of sulfone groups is 1. The van der Waals surface area contributed by atoms with E-state index in [0.29, 0.717) is 25.4 Å². The topological polar surface area (TPSA) is 101 Å². The summed E-state index contributed by atoms with van der Waals surface area (Å²) in [5.41, 5.74) is 0. The predicted octanol–water partition coefficient (Wildman–Crippen LogP) is -0.698. The van der Waals surface area contributed by atoms with Crippen LogP contribution in [0.4, 0.5) is 0 Å². The van der Waals surface area contributed by atoms with Gasteiger partial charge in [0.05, 0.1) is 23.2 Å². The van der Waals surface area contributed by atoms with Gasteiger partial charge in [-0.2, -0.15) is 4.37 Å². The normalized spacial score (nSPS) is 23.3. The van der Waals surface area contributed by atoms with Gasteiger partial charge < -0.3 is 15.2 Å². The summed E-state index contributed by atoms with van der Waals surface area (Å²) in [7, 11) is -2.83. The van der Waals surface area contributed by atoms with E-state index in [2.05, 4.69) is 14.1 Å². The van der Waals surface area contributed by atoms with Crippen molar-refractivity contribution in [2.45, 2.75) is 12.5 Å². The van der Waals surface area contributed by atoms with E-state index < -0.39 is 15.9 Å². The SMILES string of the molecule is O=S1(=O)CCC(CNCC(O)COc2cnsn2)C1. The van der Waals surface area contributed by atoms with Crippen LogP contribution in [0.1, 0.15) is 6.42 Å². The average Bonchev–Trinajstić information content (AvgIpc) is 2.96. The standard InChI is InChI=1S/C10H17N3O4S2/c14-9(6-17-10-5-12-18-13-10)4-11-3-8-1-2-19(15,16)7-8/h5,8-9,11,14H,1-4,6-7H2. The van der Waals surface area contributed by atoms with Crippen LogP contribution in [0, 0.1) is 5.92 Å². The summed E-state index contributed by atoms with van der Waals surface area (Å²) >= 11 is 1.05. The van der Waals surface area contributed by atoms with Crippen molar-refractivity contribution in [3.8, 4) is 5.88 Å². The van der Waals surface area contributed by atoms with E-state index in [0.717, 1.165) is 11.7 Å². The molecule has 0 amide bonds. The van der Waals surface area contributed by atoms with Crippen LogP contribution in [0.25, 0.3) is 0 Å². The molecule has 1 aromatic rings. The summed E-state index contributed by atoms with van der Waals surface area (Å²) in [6.07, 6.45) is 1.54. The number of ether oxygens (including phenoxy) is 1. The molecule has 1 aliphatic heterocycles. The molecule has 0 radical (unpaired) electrons. The fraction of sp³-hybridized carbons (Fsp3) is 0.800. The van der Waals surface area contributed by atoms with Crippen molar-refractivity contribution in [1.29, 1.82) is 0 Å². The first-order chi connectivity index (χ1) is 9.05. The van der Waals surface area contributed by atoms with Gasteiger partial charge in [0.1, 0.15) is 18.9 Å². The van der Waals surface area contributed by atoms with Gasteiger partial charge in [-0.05, 0) is 18.9 Å². The van der Waals surface area contributed by atoms with Crippen molar-refractivity contribution in [2.75, 3.05) is 31.2 Å². The van der Waals surface area contributed by atoms with E-state index in [1.54, 1.807) is 0 Å². The van der Waals surface area contributed by atoms with Crippen LogP contribution in [0.2, 0.25) is 0 Å². The number of nitrogens with one attached hydrogen (secondary N) is 1. The number of aliphatic hydroxyl groups is 1. The Bertz CT molecular complexity index is 477. The number of rotatable bonds is 7. The summed E-state index contributed by atoms with van der Waals surface area (Å²) in [5.74, 6) is 1.09. The number of aliphatic hydroxyl groups excluding tert-OH is 1. The van der Waals surface area contributed by atoms with Gasteiger partial charge in [-0.25, -0.2) is 8.42 Å². The molecule has 0 saturated carbocycles. The summed E-state index contributed by atoms with van der Waals surface area (Å²) in [6, 6.07) is 0. The summed E-state index contributed by atoms with van der Waals surface area (Å²) < 4.78 is 35.4. The molecule has 108 valence electrons. The van der Waals surface area contributed by atoms with Gasteiger partial charge >= 0.3 is 0 Å². The van der Waals surface area contributed by atoms with Gasteiger partial charge in [0.15, 0.2) is 9.84 Å². The van der Waals surface area contributed by atoms with Gasteiger partial charge in [-0.15, -0.1) is 4.37 Å². The first-order valence-electron chi connectivity index (χ1n) is 6.05. The number of hydrogen-bond donors (Lipinski definition) is 2. The number of hydrogen-bond acceptors (Lipinski definition) is 8. The Morgan fingerprint density at radius 2 is 2.47 bits per heavy atom. The zero-order chi connectivity index (χ0) is 13.7. The van der Waals surface area contributed by atoms with Crippen LogP contribution in [0.5, 0.6) is 5.88 Å². The second-order valence-corrected chi connectivity index (χ2v) is 7.42. The van der Waals surface area contributed by atoms with Crippen molar-refractivity contribution in [3.05, 3.63) is 6.20 Å². The molecule has 1 aliphatic rings. The van der Waals surface area contributed by atoms with E-state index in [4.69, 9.17) is 4.74 Å². The molecule has 19 heavy (non-hydrogen) atoms. The highest BCUT2D eigenvalue weighted by Gasteiger charge is 2.27. The maximum atomic E-state index is 11.3. The molecule has 2 unspecified atom stereocenters. The molecule has 2 heterocycles. The van der Waals surface area contributed by atoms with Crippen molar-refractivity contribution in [1.82, 2.24) is 14.1 Å². The lowest BCUT2D eigenvalue weighted by Gasteiger charge is -2.13. The molecule has 1 fully saturated rings. The van der Waals surface area contributed by atoms with Gasteiger partial charge in [-0.1, -0.05) is 0 Å². The fourth-order valence-electron chi connectivity index (χ4n) is 1.95. The Hall–Kier alpha value is -0.770. The highest BCUT2D eigenvalue weighted by Crippen LogP contribution is 2.17. The largest absolute Gasteiger partial charge is 0.473 e. The van der Waals surface area contributed by atoms with Crippen molar-refractivity contribution in [2.24, 2.45) is 5.92 Å². The molecule has 2 rings (SSSR count). The monoisotopic (exact) mass is 307 g/mol. The van der Waals surface area contributed by atoms with E-state index in [-0.39, 0.29) is 24.0 Å². The average molecular weight is 307 g/mol. The van der Waals surface area contributed by atoms with Gasteiger partial charge in [0.2, 0.25) is 5.88 Å². The zero-order valence-corrected chi connectivity index (χ0v) is 12.0. The summed E-state index contributed by atoms with van der Waals surface area (Å²) in [4.78, 5) is 0. The van der Waals surface area contributed by atoms with Crippen LogP contribution in [-0.2, 0) is 9.84 Å². The second kappa shape index (κ2) is 6.60. The van der Waals surface area contributed by atoms with Crippen LogP contribution in [0.3, 0.4) is 0 Å². The maximum Gasteiger partial charge on any atom is 0.245 e. The molecule has 0 aliphatic carbocycles. The first kappa shape index (κ1) is 14.6. The van der Waals surface area contributed by atoms with Crippen molar-refractivity contribution >= 4 is 21.6 Å². The second-order valence-electron chi connectivity index (χ2n) is 4.64. The lowest BCUT2D eigenvalue weighted by atomic mass is 10.1. The summed E-state index contributed by atoms with van der Waals surface area (Å²) in [5, 5.41) is 12.7. The van der Waals surface area contributed by atoms with Crippen LogP contribution in [0.15, 0.2) is 6.20 Å². The highest BCUT2D eigenvalue weighted by atomic mass is 32.2. The smallest absolute Gasteiger partial charge is 0.245 e. The molecule has 2 N–H and O–H groups in total. The Labute approximate surface area is 116 Å². The maximum absolute atomic E-state index is 11.3.